The van der Waals surface area contributed by atoms with Crippen LogP contribution in [0.3, 0.4) is 0 Å². The number of alkyl halides is 3. The van der Waals surface area contributed by atoms with Crippen molar-refractivity contribution in [2.24, 2.45) is 0 Å². The third-order valence-electron chi connectivity index (χ3n) is 1.17. The van der Waals surface area contributed by atoms with E-state index >= 15 is 0 Å². The Morgan fingerprint density at radius 1 is 1.25 bits per heavy atom. The van der Waals surface area contributed by atoms with Gasteiger partial charge in [-0.2, -0.15) is 8.78 Å². The average Bonchev–Trinajstić information content (AvgIpc) is 2.06. The highest BCUT2D eigenvalue weighted by atomic mass is 79.9. The van der Waals surface area contributed by atoms with Gasteiger partial charge in [0.15, 0.2) is 0 Å². The standard InChI is InChI=1S/C8H7BrF2S/c9-6-8(10,11)12-7-4-2-1-3-5-7/h1-5H,6H2. The van der Waals surface area contributed by atoms with Crippen molar-refractivity contribution in [3.63, 3.8) is 0 Å². The summed E-state index contributed by atoms with van der Waals surface area (Å²) in [6.45, 7) is 0. The van der Waals surface area contributed by atoms with Crippen LogP contribution in [-0.2, 0) is 0 Å². The van der Waals surface area contributed by atoms with E-state index in [2.05, 4.69) is 15.9 Å². The van der Waals surface area contributed by atoms with Crippen molar-refractivity contribution in [2.45, 2.75) is 10.2 Å². The topological polar surface area (TPSA) is 0 Å². The van der Waals surface area contributed by atoms with Gasteiger partial charge in [-0.15, -0.1) is 0 Å². The Hall–Kier alpha value is -0.0900. The van der Waals surface area contributed by atoms with E-state index in [1.807, 2.05) is 0 Å². The van der Waals surface area contributed by atoms with Gasteiger partial charge in [0.25, 0.3) is 0 Å². The quantitative estimate of drug-likeness (QED) is 0.583. The average molecular weight is 253 g/mol. The van der Waals surface area contributed by atoms with Gasteiger partial charge in [-0.1, -0.05) is 45.9 Å². The lowest BCUT2D eigenvalue weighted by Crippen LogP contribution is -2.11. The van der Waals surface area contributed by atoms with E-state index < -0.39 is 5.25 Å². The molecule has 0 saturated carbocycles. The Labute approximate surface area is 82.5 Å². The number of benzene rings is 1. The highest BCUT2D eigenvalue weighted by molar-refractivity contribution is 9.09. The minimum atomic E-state index is -2.72. The molecule has 0 unspecified atom stereocenters. The number of thioether (sulfide) groups is 1. The molecule has 1 aromatic carbocycles. The molecule has 1 aromatic rings. The van der Waals surface area contributed by atoms with Gasteiger partial charge in [-0.05, 0) is 12.1 Å². The summed E-state index contributed by atoms with van der Waals surface area (Å²) in [4.78, 5) is 0.585. The zero-order chi connectivity index (χ0) is 9.03. The highest BCUT2D eigenvalue weighted by Crippen LogP contribution is 2.36. The molecule has 0 fully saturated rings. The zero-order valence-electron chi connectivity index (χ0n) is 6.14. The van der Waals surface area contributed by atoms with Crippen LogP contribution < -0.4 is 0 Å². The van der Waals surface area contributed by atoms with Crippen molar-refractivity contribution in [3.05, 3.63) is 30.3 Å². The first kappa shape index (κ1) is 9.99. The molecule has 0 aliphatic rings. The lowest BCUT2D eigenvalue weighted by Gasteiger charge is -2.11. The number of hydrogen-bond acceptors (Lipinski definition) is 1. The minimum Gasteiger partial charge on any atom is -0.193 e. The van der Waals surface area contributed by atoms with Gasteiger partial charge in [0, 0.05) is 4.90 Å². The second-order valence-corrected chi connectivity index (χ2v) is 4.02. The van der Waals surface area contributed by atoms with Crippen LogP contribution in [0, 0.1) is 0 Å². The maximum Gasteiger partial charge on any atom is 0.307 e. The number of halogens is 3. The molecule has 0 atom stereocenters. The van der Waals surface area contributed by atoms with Crippen LogP contribution >= 0.6 is 27.7 Å². The summed E-state index contributed by atoms with van der Waals surface area (Å²) in [5, 5.41) is -3.04. The van der Waals surface area contributed by atoms with Gasteiger partial charge < -0.3 is 0 Å². The first-order chi connectivity index (χ1) is 5.64. The molecule has 0 aliphatic carbocycles. The van der Waals surface area contributed by atoms with Gasteiger partial charge >= 0.3 is 5.25 Å². The first-order valence-electron chi connectivity index (χ1n) is 3.32. The summed E-state index contributed by atoms with van der Waals surface area (Å²) < 4.78 is 25.5. The summed E-state index contributed by atoms with van der Waals surface area (Å²) in [6.07, 6.45) is 0. The molecule has 0 spiro atoms. The summed E-state index contributed by atoms with van der Waals surface area (Å²) in [5.41, 5.74) is 0. The van der Waals surface area contributed by atoms with Gasteiger partial charge in [0.1, 0.15) is 0 Å². The summed E-state index contributed by atoms with van der Waals surface area (Å²) >= 11 is 3.32. The van der Waals surface area contributed by atoms with Crippen molar-refractivity contribution in [1.29, 1.82) is 0 Å². The fraction of sp³-hybridized carbons (Fsp3) is 0.250. The van der Waals surface area contributed by atoms with E-state index in [-0.39, 0.29) is 5.33 Å². The van der Waals surface area contributed by atoms with Gasteiger partial charge in [0.2, 0.25) is 0 Å². The lowest BCUT2D eigenvalue weighted by molar-refractivity contribution is 0.136. The third-order valence-corrected chi connectivity index (χ3v) is 3.19. The minimum absolute atomic E-state index is 0.320. The number of rotatable bonds is 3. The Balaban J connectivity index is 2.64. The van der Waals surface area contributed by atoms with Crippen LogP contribution in [0.15, 0.2) is 35.2 Å². The molecule has 0 aromatic heterocycles. The second-order valence-electron chi connectivity index (χ2n) is 2.19. The zero-order valence-corrected chi connectivity index (χ0v) is 8.54. The van der Waals surface area contributed by atoms with Crippen molar-refractivity contribution >= 4 is 27.7 Å². The molecule has 0 aliphatic heterocycles. The molecular formula is C8H7BrF2S. The molecule has 0 nitrogen and oxygen atoms in total. The molecule has 1 rings (SSSR count). The van der Waals surface area contributed by atoms with Crippen molar-refractivity contribution in [2.75, 3.05) is 5.33 Å². The van der Waals surface area contributed by atoms with E-state index in [1.54, 1.807) is 30.3 Å². The third kappa shape index (κ3) is 3.11. The highest BCUT2D eigenvalue weighted by Gasteiger charge is 2.28. The van der Waals surface area contributed by atoms with E-state index in [0.29, 0.717) is 16.7 Å². The Morgan fingerprint density at radius 2 is 1.83 bits per heavy atom. The predicted octanol–water partition coefficient (Wildman–Crippen LogP) is 3.77. The fourth-order valence-electron chi connectivity index (χ4n) is 0.688. The molecule has 0 radical (unpaired) electrons. The van der Waals surface area contributed by atoms with Crippen LogP contribution in [0.5, 0.6) is 0 Å². The monoisotopic (exact) mass is 252 g/mol. The van der Waals surface area contributed by atoms with Gasteiger partial charge in [0.05, 0.1) is 5.33 Å². The maximum absolute atomic E-state index is 12.8. The van der Waals surface area contributed by atoms with Crippen molar-refractivity contribution in [1.82, 2.24) is 0 Å². The predicted molar refractivity (Wildman–Crippen MR) is 51.0 cm³/mol. The van der Waals surface area contributed by atoms with Crippen LogP contribution in [-0.4, -0.2) is 10.6 Å². The summed E-state index contributed by atoms with van der Waals surface area (Å²) in [6, 6.07) is 8.62. The molecule has 0 N–H and O–H groups in total. The molecular weight excluding hydrogens is 246 g/mol. The second kappa shape index (κ2) is 4.23. The summed E-state index contributed by atoms with van der Waals surface area (Å²) in [7, 11) is 0. The van der Waals surface area contributed by atoms with E-state index in [4.69, 9.17) is 0 Å². The SMILES string of the molecule is FC(F)(CBr)Sc1ccccc1. The Kier molecular flexibility index (Phi) is 3.53. The molecule has 12 heavy (non-hydrogen) atoms. The Morgan fingerprint density at radius 3 is 2.33 bits per heavy atom. The normalized spacial score (nSPS) is 11.6. The van der Waals surface area contributed by atoms with E-state index in [0.717, 1.165) is 0 Å². The van der Waals surface area contributed by atoms with Crippen LogP contribution in [0.2, 0.25) is 0 Å². The van der Waals surface area contributed by atoms with E-state index in [9.17, 15) is 8.78 Å². The molecule has 0 amide bonds. The van der Waals surface area contributed by atoms with Gasteiger partial charge in [-0.25, -0.2) is 0 Å². The molecule has 0 heterocycles. The fourth-order valence-corrected chi connectivity index (χ4v) is 1.72. The lowest BCUT2D eigenvalue weighted by atomic mass is 10.4. The van der Waals surface area contributed by atoms with Crippen LogP contribution in [0.1, 0.15) is 0 Å². The maximum atomic E-state index is 12.8. The van der Waals surface area contributed by atoms with Crippen LogP contribution in [0.4, 0.5) is 8.78 Å². The number of hydrogen-bond donors (Lipinski definition) is 0. The summed E-state index contributed by atoms with van der Waals surface area (Å²) in [5.74, 6) is 0. The van der Waals surface area contributed by atoms with E-state index in [1.165, 1.54) is 0 Å². The van der Waals surface area contributed by atoms with Crippen molar-refractivity contribution in [3.8, 4) is 0 Å². The smallest absolute Gasteiger partial charge is 0.193 e. The molecule has 0 bridgehead atoms. The molecule has 0 saturated heterocycles. The van der Waals surface area contributed by atoms with Gasteiger partial charge in [-0.3, -0.25) is 0 Å². The molecule has 4 heteroatoms. The first-order valence-corrected chi connectivity index (χ1v) is 5.26. The molecule has 66 valence electrons. The Bertz CT molecular complexity index is 238. The van der Waals surface area contributed by atoms with Crippen LogP contribution in [0.25, 0.3) is 0 Å². The largest absolute Gasteiger partial charge is 0.307 e. The van der Waals surface area contributed by atoms with Crippen molar-refractivity contribution < 1.29 is 8.78 Å².